The summed E-state index contributed by atoms with van der Waals surface area (Å²) in [6.07, 6.45) is 4.15. The molecule has 2 aliphatic heterocycles. The van der Waals surface area contributed by atoms with E-state index in [-0.39, 0.29) is 48.4 Å². The molecule has 1 amide bonds. The van der Waals surface area contributed by atoms with E-state index < -0.39 is 17.9 Å². The number of carbonyl (C=O) groups excluding carboxylic acids is 2. The molecule has 47 heavy (non-hydrogen) atoms. The Kier molecular flexibility index (Phi) is 12.4. The molecule has 0 aromatic heterocycles. The van der Waals surface area contributed by atoms with E-state index in [1.54, 1.807) is 12.1 Å². The van der Waals surface area contributed by atoms with Crippen LogP contribution >= 0.6 is 0 Å². The number of methoxy groups -OCH3 is 2. The van der Waals surface area contributed by atoms with Crippen LogP contribution in [-0.2, 0) is 14.3 Å². The van der Waals surface area contributed by atoms with Gasteiger partial charge in [-0.2, -0.15) is 0 Å². The minimum Gasteiger partial charge on any atom is -0.502 e. The zero-order chi connectivity index (χ0) is 33.2. The third kappa shape index (κ3) is 8.21. The molecule has 4 unspecified atom stereocenters. The number of ether oxygens (including phenoxy) is 5. The van der Waals surface area contributed by atoms with E-state index in [0.717, 1.165) is 76.2 Å². The van der Waals surface area contributed by atoms with Crippen molar-refractivity contribution in [3.05, 3.63) is 41.0 Å². The first-order chi connectivity index (χ1) is 23.0. The highest BCUT2D eigenvalue weighted by atomic mass is 16.7. The maximum Gasteiger partial charge on any atom is 0.310 e. The van der Waals surface area contributed by atoms with Crippen molar-refractivity contribution in [2.24, 2.45) is 17.6 Å². The molecule has 2 aromatic carbocycles. The molecule has 0 saturated carbocycles. The normalized spacial score (nSPS) is 20.8. The van der Waals surface area contributed by atoms with Crippen LogP contribution in [0, 0.1) is 11.8 Å². The molecule has 7 N–H and O–H groups in total. The Morgan fingerprint density at radius 1 is 0.851 bits per heavy atom. The minimum absolute atomic E-state index is 0.0891. The van der Waals surface area contributed by atoms with Gasteiger partial charge in [-0.3, -0.25) is 9.59 Å². The van der Waals surface area contributed by atoms with Crippen LogP contribution in [-0.4, -0.2) is 90.4 Å². The van der Waals surface area contributed by atoms with Gasteiger partial charge in [0.2, 0.25) is 18.4 Å². The van der Waals surface area contributed by atoms with Crippen molar-refractivity contribution in [2.75, 3.05) is 73.4 Å². The van der Waals surface area contributed by atoms with Crippen LogP contribution in [0.2, 0.25) is 0 Å². The Morgan fingerprint density at radius 2 is 1.43 bits per heavy atom. The first-order valence-electron chi connectivity index (χ1n) is 16.6. The molecule has 3 aliphatic rings. The van der Waals surface area contributed by atoms with Gasteiger partial charge in [-0.05, 0) is 112 Å². The van der Waals surface area contributed by atoms with Crippen LogP contribution in [0.3, 0.4) is 0 Å². The number of hydrogen-bond acceptors (Lipinski definition) is 12. The smallest absolute Gasteiger partial charge is 0.310 e. The van der Waals surface area contributed by atoms with E-state index >= 15 is 0 Å². The second kappa shape index (κ2) is 16.9. The molecular formula is C34H49N5O8. The highest BCUT2D eigenvalue weighted by Gasteiger charge is 2.53. The standard InChI is InChI=1S/C34H49N5O8/c1-43-27-15-21(16-28(44-2)33(27)41)30-22-17-25-26(47-20-46-25)18-23(22)32(24-19-45-34(42)31(24)30)39-29(40)7-3-9-36-11-5-13-38-14-6-12-37-10-4-8-35/h15-18,24,30-32,36-38,41H,3-14,19-20,35H2,1-2H3,(H,39,40). The van der Waals surface area contributed by atoms with Crippen LogP contribution in [0.15, 0.2) is 24.3 Å². The zero-order valence-corrected chi connectivity index (χ0v) is 27.4. The maximum atomic E-state index is 13.3. The molecule has 258 valence electrons. The lowest BCUT2D eigenvalue weighted by Gasteiger charge is -2.39. The number of nitrogens with two attached hydrogens (primary N) is 1. The number of benzene rings is 2. The molecule has 2 aromatic rings. The molecule has 0 spiro atoms. The van der Waals surface area contributed by atoms with Gasteiger partial charge in [0.25, 0.3) is 0 Å². The third-order valence-electron chi connectivity index (χ3n) is 9.09. The van der Waals surface area contributed by atoms with Gasteiger partial charge in [-0.15, -0.1) is 0 Å². The summed E-state index contributed by atoms with van der Waals surface area (Å²) >= 11 is 0. The van der Waals surface area contributed by atoms with Gasteiger partial charge in [0.1, 0.15) is 0 Å². The van der Waals surface area contributed by atoms with Crippen molar-refractivity contribution in [3.63, 3.8) is 0 Å². The minimum atomic E-state index is -0.588. The molecule has 4 atom stereocenters. The Morgan fingerprint density at radius 3 is 2.02 bits per heavy atom. The summed E-state index contributed by atoms with van der Waals surface area (Å²) in [7, 11) is 2.92. The van der Waals surface area contributed by atoms with Crippen LogP contribution in [0.5, 0.6) is 28.7 Å². The summed E-state index contributed by atoms with van der Waals surface area (Å²) in [6.45, 7) is 6.50. The van der Waals surface area contributed by atoms with E-state index in [4.69, 9.17) is 29.4 Å². The first kappa shape index (κ1) is 34.6. The van der Waals surface area contributed by atoms with E-state index in [0.29, 0.717) is 29.9 Å². The molecule has 13 heteroatoms. The average molecular weight is 656 g/mol. The number of fused-ring (bicyclic) bond motifs is 3. The Bertz CT molecular complexity index is 1350. The van der Waals surface area contributed by atoms with E-state index in [1.165, 1.54) is 14.2 Å². The molecule has 2 heterocycles. The number of carbonyl (C=O) groups is 2. The average Bonchev–Trinajstić information content (AvgIpc) is 3.70. The molecule has 5 rings (SSSR count). The summed E-state index contributed by atoms with van der Waals surface area (Å²) < 4.78 is 27.9. The Balaban J connectivity index is 1.20. The molecular weight excluding hydrogens is 606 g/mol. The molecule has 1 saturated heterocycles. The van der Waals surface area contributed by atoms with E-state index in [1.807, 2.05) is 12.1 Å². The summed E-state index contributed by atoms with van der Waals surface area (Å²) in [6, 6.07) is 6.75. The Hall–Kier alpha value is -3.78. The monoisotopic (exact) mass is 655 g/mol. The first-order valence-corrected chi connectivity index (χ1v) is 16.6. The molecule has 1 fully saturated rings. The molecule has 13 nitrogen and oxygen atoms in total. The summed E-state index contributed by atoms with van der Waals surface area (Å²) in [4.78, 5) is 26.6. The van der Waals surface area contributed by atoms with Gasteiger partial charge in [0.05, 0.1) is 32.8 Å². The number of rotatable bonds is 19. The van der Waals surface area contributed by atoms with Crippen molar-refractivity contribution in [1.82, 2.24) is 21.3 Å². The van der Waals surface area contributed by atoms with Gasteiger partial charge < -0.3 is 55.8 Å². The van der Waals surface area contributed by atoms with Crippen molar-refractivity contribution >= 4 is 11.9 Å². The quantitative estimate of drug-likeness (QED) is 0.0960. The number of nitrogens with one attached hydrogen (secondary N) is 4. The van der Waals surface area contributed by atoms with E-state index in [2.05, 4.69) is 21.3 Å². The summed E-state index contributed by atoms with van der Waals surface area (Å²) in [5.41, 5.74) is 7.87. The van der Waals surface area contributed by atoms with Crippen LogP contribution in [0.4, 0.5) is 0 Å². The number of hydrogen-bond donors (Lipinski definition) is 6. The number of esters is 1. The van der Waals surface area contributed by atoms with Gasteiger partial charge in [-0.1, -0.05) is 0 Å². The lowest BCUT2D eigenvalue weighted by molar-refractivity contribution is -0.141. The number of aromatic hydroxyl groups is 1. The fraction of sp³-hybridized carbons (Fsp3) is 0.588. The zero-order valence-electron chi connectivity index (χ0n) is 27.4. The predicted molar refractivity (Wildman–Crippen MR) is 175 cm³/mol. The van der Waals surface area contributed by atoms with Gasteiger partial charge >= 0.3 is 5.97 Å². The highest BCUT2D eigenvalue weighted by Crippen LogP contribution is 2.55. The topological polar surface area (TPSA) is 175 Å². The highest BCUT2D eigenvalue weighted by molar-refractivity contribution is 5.81. The van der Waals surface area contributed by atoms with Crippen molar-refractivity contribution in [2.45, 2.75) is 44.1 Å². The van der Waals surface area contributed by atoms with Crippen LogP contribution in [0.25, 0.3) is 0 Å². The van der Waals surface area contributed by atoms with Crippen LogP contribution < -0.4 is 45.9 Å². The van der Waals surface area contributed by atoms with E-state index in [9.17, 15) is 14.7 Å². The third-order valence-corrected chi connectivity index (χ3v) is 9.09. The van der Waals surface area contributed by atoms with Crippen molar-refractivity contribution < 1.29 is 38.4 Å². The number of amides is 1. The SMILES string of the molecule is COc1cc(C2c3cc4c(cc3C(NC(=O)CCCNCCCNCCCNCCCN)C3COC(=O)C23)OCO4)cc(OC)c1O. The Labute approximate surface area is 276 Å². The van der Waals surface area contributed by atoms with Gasteiger partial charge in [0, 0.05) is 18.3 Å². The van der Waals surface area contributed by atoms with Gasteiger partial charge in [-0.25, -0.2) is 0 Å². The van der Waals surface area contributed by atoms with Gasteiger partial charge in [0.15, 0.2) is 23.0 Å². The fourth-order valence-electron chi connectivity index (χ4n) is 6.74. The van der Waals surface area contributed by atoms with Crippen molar-refractivity contribution in [1.29, 1.82) is 0 Å². The lowest BCUT2D eigenvalue weighted by Crippen LogP contribution is -2.43. The second-order valence-corrected chi connectivity index (χ2v) is 12.2. The largest absolute Gasteiger partial charge is 0.502 e. The molecule has 0 radical (unpaired) electrons. The number of phenols is 1. The maximum absolute atomic E-state index is 13.3. The fourth-order valence-corrected chi connectivity index (χ4v) is 6.74. The number of phenolic OH excluding ortho intramolecular Hbond substituents is 1. The predicted octanol–water partition coefficient (Wildman–Crippen LogP) is 1.91. The van der Waals surface area contributed by atoms with Crippen LogP contribution in [0.1, 0.15) is 60.8 Å². The second-order valence-electron chi connectivity index (χ2n) is 12.2. The summed E-state index contributed by atoms with van der Waals surface area (Å²) in [5, 5.41) is 24.1. The summed E-state index contributed by atoms with van der Waals surface area (Å²) in [5.74, 6) is -0.315. The van der Waals surface area contributed by atoms with Crippen molar-refractivity contribution in [3.8, 4) is 28.7 Å². The molecule has 0 bridgehead atoms. The lowest BCUT2D eigenvalue weighted by atomic mass is 9.65. The number of cyclic esters (lactones) is 1. The molecule has 1 aliphatic carbocycles.